The fraction of sp³-hybridized carbons (Fsp3) is 0.667. The van der Waals surface area contributed by atoms with Crippen molar-refractivity contribution in [1.82, 2.24) is 15.3 Å². The lowest BCUT2D eigenvalue weighted by atomic mass is 10.1. The molecule has 0 aliphatic carbocycles. The van der Waals surface area contributed by atoms with Crippen LogP contribution in [0.4, 0.5) is 11.6 Å². The number of hydrogen-bond donors (Lipinski definition) is 1. The predicted octanol–water partition coefficient (Wildman–Crippen LogP) is 1.35. The SMILES string of the molecule is CCCN(c1ncc([N+](=O)[O-])cn1)C1CCCNC1. The van der Waals surface area contributed by atoms with E-state index < -0.39 is 4.92 Å². The molecule has 2 rings (SSSR count). The Morgan fingerprint density at radius 1 is 1.53 bits per heavy atom. The molecule has 0 aromatic carbocycles. The van der Waals surface area contributed by atoms with Crippen LogP contribution >= 0.6 is 0 Å². The number of nitrogens with one attached hydrogen (secondary N) is 1. The van der Waals surface area contributed by atoms with E-state index in [2.05, 4.69) is 27.1 Å². The van der Waals surface area contributed by atoms with Gasteiger partial charge in [-0.2, -0.15) is 0 Å². The molecule has 1 N–H and O–H groups in total. The van der Waals surface area contributed by atoms with Crippen molar-refractivity contribution in [1.29, 1.82) is 0 Å². The number of piperidine rings is 1. The third-order valence-electron chi connectivity index (χ3n) is 3.27. The van der Waals surface area contributed by atoms with Gasteiger partial charge in [0.15, 0.2) is 0 Å². The van der Waals surface area contributed by atoms with Gasteiger partial charge in [0.25, 0.3) is 0 Å². The van der Waals surface area contributed by atoms with Crippen molar-refractivity contribution in [2.24, 2.45) is 0 Å². The highest BCUT2D eigenvalue weighted by atomic mass is 16.6. The Hall–Kier alpha value is -1.76. The molecule has 7 nitrogen and oxygen atoms in total. The molecule has 0 radical (unpaired) electrons. The largest absolute Gasteiger partial charge is 0.337 e. The van der Waals surface area contributed by atoms with Crippen molar-refractivity contribution in [2.45, 2.75) is 32.2 Å². The standard InChI is InChI=1S/C12H19N5O2/c1-2-6-16(10-4-3-5-13-7-10)12-14-8-11(9-15-12)17(18)19/h8-10,13H,2-7H2,1H3. The quantitative estimate of drug-likeness (QED) is 0.639. The van der Waals surface area contributed by atoms with Crippen molar-refractivity contribution >= 4 is 11.6 Å². The summed E-state index contributed by atoms with van der Waals surface area (Å²) >= 11 is 0. The molecule has 1 aliphatic rings. The molecule has 0 bridgehead atoms. The van der Waals surface area contributed by atoms with E-state index >= 15 is 0 Å². The van der Waals surface area contributed by atoms with Gasteiger partial charge in [0, 0.05) is 19.1 Å². The second-order valence-electron chi connectivity index (χ2n) is 4.69. The van der Waals surface area contributed by atoms with E-state index in [0.717, 1.165) is 38.9 Å². The van der Waals surface area contributed by atoms with Crippen molar-refractivity contribution in [3.8, 4) is 0 Å². The van der Waals surface area contributed by atoms with E-state index in [1.54, 1.807) is 0 Å². The zero-order chi connectivity index (χ0) is 13.7. The van der Waals surface area contributed by atoms with Gasteiger partial charge in [0.05, 0.1) is 4.92 Å². The van der Waals surface area contributed by atoms with E-state index in [4.69, 9.17) is 0 Å². The first-order valence-corrected chi connectivity index (χ1v) is 6.66. The molecular formula is C12H19N5O2. The Bertz CT molecular complexity index is 417. The van der Waals surface area contributed by atoms with E-state index in [-0.39, 0.29) is 5.69 Å². The van der Waals surface area contributed by atoms with Crippen LogP contribution in [0.1, 0.15) is 26.2 Å². The van der Waals surface area contributed by atoms with Gasteiger partial charge in [-0.3, -0.25) is 10.1 Å². The van der Waals surface area contributed by atoms with Crippen molar-refractivity contribution in [3.63, 3.8) is 0 Å². The average Bonchev–Trinajstić information content (AvgIpc) is 2.46. The lowest BCUT2D eigenvalue weighted by Crippen LogP contribution is -2.47. The van der Waals surface area contributed by atoms with Crippen LogP contribution in [0.25, 0.3) is 0 Å². The topological polar surface area (TPSA) is 84.2 Å². The van der Waals surface area contributed by atoms with Gasteiger partial charge in [0.2, 0.25) is 5.95 Å². The van der Waals surface area contributed by atoms with E-state index in [1.807, 2.05) is 0 Å². The molecule has 1 atom stereocenters. The van der Waals surface area contributed by atoms with Crippen LogP contribution in [0.5, 0.6) is 0 Å². The van der Waals surface area contributed by atoms with E-state index in [1.165, 1.54) is 12.4 Å². The van der Waals surface area contributed by atoms with Gasteiger partial charge in [-0.1, -0.05) is 6.92 Å². The summed E-state index contributed by atoms with van der Waals surface area (Å²) in [5.41, 5.74) is -0.0676. The van der Waals surface area contributed by atoms with Crippen molar-refractivity contribution in [2.75, 3.05) is 24.5 Å². The zero-order valence-electron chi connectivity index (χ0n) is 11.1. The van der Waals surface area contributed by atoms with Crippen LogP contribution in [-0.4, -0.2) is 40.6 Å². The highest BCUT2D eigenvalue weighted by Gasteiger charge is 2.23. The average molecular weight is 265 g/mol. The van der Waals surface area contributed by atoms with E-state index in [0.29, 0.717) is 12.0 Å². The molecule has 19 heavy (non-hydrogen) atoms. The number of nitro groups is 1. The zero-order valence-corrected chi connectivity index (χ0v) is 11.1. The third kappa shape index (κ3) is 3.37. The molecule has 1 saturated heterocycles. The van der Waals surface area contributed by atoms with Crippen LogP contribution < -0.4 is 10.2 Å². The number of anilines is 1. The molecule has 0 amide bonds. The van der Waals surface area contributed by atoms with Crippen LogP contribution in [0.15, 0.2) is 12.4 Å². The Balaban J connectivity index is 2.15. The smallest absolute Gasteiger partial charge is 0.305 e. The van der Waals surface area contributed by atoms with Crippen LogP contribution in [0.3, 0.4) is 0 Å². The lowest BCUT2D eigenvalue weighted by Gasteiger charge is -2.34. The molecule has 1 unspecified atom stereocenters. The number of aromatic nitrogens is 2. The molecule has 0 saturated carbocycles. The molecule has 7 heteroatoms. The number of rotatable bonds is 5. The maximum absolute atomic E-state index is 10.6. The van der Waals surface area contributed by atoms with Gasteiger partial charge >= 0.3 is 5.69 Å². The summed E-state index contributed by atoms with van der Waals surface area (Å²) in [6, 6.07) is 0.371. The third-order valence-corrected chi connectivity index (χ3v) is 3.27. The first-order chi connectivity index (χ1) is 9.22. The van der Waals surface area contributed by atoms with Gasteiger partial charge in [0.1, 0.15) is 12.4 Å². The summed E-state index contributed by atoms with van der Waals surface area (Å²) in [7, 11) is 0. The maximum Gasteiger partial charge on any atom is 0.305 e. The Morgan fingerprint density at radius 2 is 2.26 bits per heavy atom. The Labute approximate surface area is 112 Å². The lowest BCUT2D eigenvalue weighted by molar-refractivity contribution is -0.385. The van der Waals surface area contributed by atoms with Gasteiger partial charge in [-0.05, 0) is 25.8 Å². The molecule has 1 aromatic rings. The summed E-state index contributed by atoms with van der Waals surface area (Å²) in [5, 5.41) is 14.0. The minimum absolute atomic E-state index is 0.0676. The summed E-state index contributed by atoms with van der Waals surface area (Å²) < 4.78 is 0. The second-order valence-corrected chi connectivity index (χ2v) is 4.69. The highest BCUT2D eigenvalue weighted by Crippen LogP contribution is 2.18. The van der Waals surface area contributed by atoms with Gasteiger partial charge in [-0.15, -0.1) is 0 Å². The minimum atomic E-state index is -0.476. The highest BCUT2D eigenvalue weighted by molar-refractivity contribution is 5.35. The van der Waals surface area contributed by atoms with Crippen LogP contribution in [-0.2, 0) is 0 Å². The molecule has 1 fully saturated rings. The maximum atomic E-state index is 10.6. The summed E-state index contributed by atoms with van der Waals surface area (Å²) in [5.74, 6) is 0.584. The first-order valence-electron chi connectivity index (χ1n) is 6.66. The van der Waals surface area contributed by atoms with Gasteiger partial charge in [-0.25, -0.2) is 9.97 Å². The fourth-order valence-corrected chi connectivity index (χ4v) is 2.34. The molecule has 2 heterocycles. The Morgan fingerprint density at radius 3 is 2.79 bits per heavy atom. The first kappa shape index (κ1) is 13.7. The second kappa shape index (κ2) is 6.42. The predicted molar refractivity (Wildman–Crippen MR) is 72.2 cm³/mol. The number of hydrogen-bond acceptors (Lipinski definition) is 6. The molecule has 1 aromatic heterocycles. The molecular weight excluding hydrogens is 246 g/mol. The summed E-state index contributed by atoms with van der Waals surface area (Å²) in [6.07, 6.45) is 5.80. The normalized spacial score (nSPS) is 19.1. The summed E-state index contributed by atoms with van der Waals surface area (Å²) in [6.45, 7) is 4.94. The van der Waals surface area contributed by atoms with Crippen LogP contribution in [0, 0.1) is 10.1 Å². The fourth-order valence-electron chi connectivity index (χ4n) is 2.34. The minimum Gasteiger partial charge on any atom is -0.337 e. The van der Waals surface area contributed by atoms with Crippen LogP contribution in [0.2, 0.25) is 0 Å². The van der Waals surface area contributed by atoms with Crippen molar-refractivity contribution in [3.05, 3.63) is 22.5 Å². The molecule has 104 valence electrons. The monoisotopic (exact) mass is 265 g/mol. The molecule has 0 spiro atoms. The van der Waals surface area contributed by atoms with Gasteiger partial charge < -0.3 is 10.2 Å². The molecule has 1 aliphatic heterocycles. The summed E-state index contributed by atoms with van der Waals surface area (Å²) in [4.78, 5) is 20.6. The Kier molecular flexibility index (Phi) is 4.62. The van der Waals surface area contributed by atoms with E-state index in [9.17, 15) is 10.1 Å². The van der Waals surface area contributed by atoms with Crippen molar-refractivity contribution < 1.29 is 4.92 Å². The number of nitrogens with zero attached hydrogens (tertiary/aromatic N) is 4.